The van der Waals surface area contributed by atoms with Crippen molar-refractivity contribution >= 4 is 34.2 Å². The maximum Gasteiger partial charge on any atom is 0.0410 e. The predicted molar refractivity (Wildman–Crippen MR) is 98.1 cm³/mol. The Morgan fingerprint density at radius 2 is 1.95 bits per heavy atom. The Hall–Kier alpha value is -0.580. The van der Waals surface area contributed by atoms with Gasteiger partial charge in [-0.25, -0.2) is 0 Å². The highest BCUT2D eigenvalue weighted by Crippen LogP contribution is 2.28. The average Bonchev–Trinajstić information content (AvgIpc) is 2.95. The largest absolute Gasteiger partial charge is 0.313 e. The molecular formula is C18H19ClIN. The maximum atomic E-state index is 6.17. The Morgan fingerprint density at radius 1 is 1.14 bits per heavy atom. The molecule has 0 heterocycles. The highest BCUT2D eigenvalue weighted by atomic mass is 127. The molecule has 0 radical (unpaired) electrons. The molecule has 0 aromatic heterocycles. The van der Waals surface area contributed by atoms with Crippen LogP contribution in [-0.2, 0) is 19.3 Å². The number of hydrogen-bond donors (Lipinski definition) is 1. The Labute approximate surface area is 145 Å². The molecule has 1 aliphatic rings. The second-order valence-electron chi connectivity index (χ2n) is 5.67. The number of rotatable bonds is 4. The van der Waals surface area contributed by atoms with E-state index >= 15 is 0 Å². The summed E-state index contributed by atoms with van der Waals surface area (Å²) in [5.41, 5.74) is 5.78. The van der Waals surface area contributed by atoms with Crippen LogP contribution in [-0.4, -0.2) is 7.05 Å². The van der Waals surface area contributed by atoms with Crippen LogP contribution in [0.15, 0.2) is 36.4 Å². The minimum Gasteiger partial charge on any atom is -0.313 e. The van der Waals surface area contributed by atoms with Crippen LogP contribution in [0.2, 0.25) is 5.02 Å². The Balaban J connectivity index is 1.86. The molecule has 0 fully saturated rings. The lowest BCUT2D eigenvalue weighted by atomic mass is 9.96. The second-order valence-corrected chi connectivity index (χ2v) is 7.27. The lowest BCUT2D eigenvalue weighted by Crippen LogP contribution is -2.20. The number of benzene rings is 2. The van der Waals surface area contributed by atoms with Crippen LogP contribution >= 0.6 is 34.2 Å². The van der Waals surface area contributed by atoms with Crippen molar-refractivity contribution in [1.29, 1.82) is 0 Å². The fourth-order valence-corrected chi connectivity index (χ4v) is 4.03. The predicted octanol–water partition coefficient (Wildman–Crippen LogP) is 4.94. The van der Waals surface area contributed by atoms with E-state index in [-0.39, 0.29) is 0 Å². The third kappa shape index (κ3) is 3.43. The first-order chi connectivity index (χ1) is 10.2. The molecule has 110 valence electrons. The fraction of sp³-hybridized carbons (Fsp3) is 0.333. The van der Waals surface area contributed by atoms with Crippen molar-refractivity contribution < 1.29 is 0 Å². The zero-order valence-corrected chi connectivity index (χ0v) is 15.0. The van der Waals surface area contributed by atoms with Crippen molar-refractivity contribution in [2.75, 3.05) is 7.05 Å². The number of halogens is 2. The van der Waals surface area contributed by atoms with Crippen LogP contribution in [0.3, 0.4) is 0 Å². The monoisotopic (exact) mass is 411 g/mol. The highest BCUT2D eigenvalue weighted by Gasteiger charge is 2.16. The van der Waals surface area contributed by atoms with Gasteiger partial charge in [0.1, 0.15) is 0 Å². The van der Waals surface area contributed by atoms with Gasteiger partial charge in [-0.2, -0.15) is 0 Å². The lowest BCUT2D eigenvalue weighted by molar-refractivity contribution is 0.589. The van der Waals surface area contributed by atoms with Gasteiger partial charge in [0.15, 0.2) is 0 Å². The van der Waals surface area contributed by atoms with Gasteiger partial charge in [-0.05, 0) is 95.8 Å². The molecule has 21 heavy (non-hydrogen) atoms. The molecule has 1 N–H and O–H groups in total. The molecule has 1 atom stereocenters. The molecule has 0 bridgehead atoms. The maximum absolute atomic E-state index is 6.17. The van der Waals surface area contributed by atoms with Gasteiger partial charge < -0.3 is 5.32 Å². The van der Waals surface area contributed by atoms with E-state index in [1.807, 2.05) is 13.1 Å². The van der Waals surface area contributed by atoms with Gasteiger partial charge in [0.25, 0.3) is 0 Å². The molecule has 1 nitrogen and oxygen atoms in total. The number of nitrogens with one attached hydrogen (secondary N) is 1. The van der Waals surface area contributed by atoms with E-state index in [2.05, 4.69) is 58.2 Å². The number of aryl methyl sites for hydroxylation is 2. The molecule has 0 aliphatic heterocycles. The molecule has 0 amide bonds. The SMILES string of the molecule is CNC(Cc1ccc2c(c1)CCC2)c1cc(Cl)ccc1I. The van der Waals surface area contributed by atoms with Crippen LogP contribution in [0.4, 0.5) is 0 Å². The van der Waals surface area contributed by atoms with Crippen LogP contribution in [0.5, 0.6) is 0 Å². The first kappa shape index (κ1) is 15.3. The van der Waals surface area contributed by atoms with E-state index < -0.39 is 0 Å². The number of fused-ring (bicyclic) bond motifs is 1. The average molecular weight is 412 g/mol. The molecule has 0 saturated heterocycles. The van der Waals surface area contributed by atoms with Gasteiger partial charge in [-0.15, -0.1) is 0 Å². The summed E-state index contributed by atoms with van der Waals surface area (Å²) in [6, 6.07) is 13.4. The highest BCUT2D eigenvalue weighted by molar-refractivity contribution is 14.1. The minimum atomic E-state index is 0.301. The minimum absolute atomic E-state index is 0.301. The first-order valence-electron chi connectivity index (χ1n) is 7.40. The molecule has 0 spiro atoms. The zero-order chi connectivity index (χ0) is 14.8. The molecule has 1 unspecified atom stereocenters. The molecule has 2 aromatic carbocycles. The van der Waals surface area contributed by atoms with Gasteiger partial charge >= 0.3 is 0 Å². The molecule has 2 aromatic rings. The van der Waals surface area contributed by atoms with E-state index in [1.54, 1.807) is 5.56 Å². The number of hydrogen-bond acceptors (Lipinski definition) is 1. The van der Waals surface area contributed by atoms with E-state index in [9.17, 15) is 0 Å². The summed E-state index contributed by atoms with van der Waals surface area (Å²) in [6.07, 6.45) is 4.79. The summed E-state index contributed by atoms with van der Waals surface area (Å²) in [7, 11) is 2.02. The van der Waals surface area contributed by atoms with Crippen LogP contribution in [0.25, 0.3) is 0 Å². The standard InChI is InChI=1S/C18H19ClIN/c1-21-18(16-11-15(19)7-8-17(16)20)10-12-5-6-13-3-2-4-14(13)9-12/h5-9,11,18,21H,2-4,10H2,1H3. The number of likely N-dealkylation sites (N-methyl/N-ethyl adjacent to an activating group) is 1. The molecule has 1 aliphatic carbocycles. The Kier molecular flexibility index (Phi) is 4.87. The summed E-state index contributed by atoms with van der Waals surface area (Å²) in [6.45, 7) is 0. The van der Waals surface area contributed by atoms with Gasteiger partial charge in [0, 0.05) is 14.6 Å². The summed E-state index contributed by atoms with van der Waals surface area (Å²) >= 11 is 8.56. The van der Waals surface area contributed by atoms with Gasteiger partial charge in [0.05, 0.1) is 0 Å². The topological polar surface area (TPSA) is 12.0 Å². The fourth-order valence-electron chi connectivity index (χ4n) is 3.14. The van der Waals surface area contributed by atoms with Crippen molar-refractivity contribution in [2.24, 2.45) is 0 Å². The first-order valence-corrected chi connectivity index (χ1v) is 8.86. The summed E-state index contributed by atoms with van der Waals surface area (Å²) in [5, 5.41) is 4.24. The van der Waals surface area contributed by atoms with Crippen molar-refractivity contribution in [3.05, 3.63) is 67.2 Å². The van der Waals surface area contributed by atoms with E-state index in [1.165, 1.54) is 39.5 Å². The Morgan fingerprint density at radius 3 is 2.76 bits per heavy atom. The lowest BCUT2D eigenvalue weighted by Gasteiger charge is -2.19. The van der Waals surface area contributed by atoms with E-state index in [0.717, 1.165) is 11.4 Å². The van der Waals surface area contributed by atoms with Crippen molar-refractivity contribution in [3.63, 3.8) is 0 Å². The molecule has 3 heteroatoms. The van der Waals surface area contributed by atoms with Crippen molar-refractivity contribution in [3.8, 4) is 0 Å². The van der Waals surface area contributed by atoms with Crippen LogP contribution in [0, 0.1) is 3.57 Å². The van der Waals surface area contributed by atoms with E-state index in [4.69, 9.17) is 11.6 Å². The van der Waals surface area contributed by atoms with Crippen LogP contribution < -0.4 is 5.32 Å². The summed E-state index contributed by atoms with van der Waals surface area (Å²) in [4.78, 5) is 0. The van der Waals surface area contributed by atoms with Crippen molar-refractivity contribution in [2.45, 2.75) is 31.7 Å². The smallest absolute Gasteiger partial charge is 0.0410 e. The summed E-state index contributed by atoms with van der Waals surface area (Å²) < 4.78 is 1.26. The van der Waals surface area contributed by atoms with Gasteiger partial charge in [-0.3, -0.25) is 0 Å². The van der Waals surface area contributed by atoms with Crippen LogP contribution in [0.1, 0.15) is 34.7 Å². The normalized spacial score (nSPS) is 15.0. The third-order valence-corrected chi connectivity index (χ3v) is 5.50. The third-order valence-electron chi connectivity index (χ3n) is 4.28. The zero-order valence-electron chi connectivity index (χ0n) is 12.1. The quantitative estimate of drug-likeness (QED) is 0.703. The second kappa shape index (κ2) is 6.67. The molecule has 0 saturated carbocycles. The summed E-state index contributed by atoms with van der Waals surface area (Å²) in [5.74, 6) is 0. The molecule has 3 rings (SSSR count). The molecular weight excluding hydrogens is 393 g/mol. The van der Waals surface area contributed by atoms with E-state index in [0.29, 0.717) is 6.04 Å². The van der Waals surface area contributed by atoms with Gasteiger partial charge in [-0.1, -0.05) is 29.8 Å². The van der Waals surface area contributed by atoms with Gasteiger partial charge in [0.2, 0.25) is 0 Å². The Bertz CT molecular complexity index is 654. The van der Waals surface area contributed by atoms with Crippen molar-refractivity contribution in [1.82, 2.24) is 5.32 Å².